The lowest BCUT2D eigenvalue weighted by Gasteiger charge is -2.49. The molecule has 16 nitrogen and oxygen atoms in total. The third kappa shape index (κ3) is 6.13. The standard InChI is InChI=1S/C21H24N10O6S2/c22-13(10-1-3-12(4-2-10)25-9-32)16(33)26-14-17(34)31-15(19(35)36)11(7-38-18(14)31)8-39-21-27-28-29-30(21)6-5-24-20(23)37/h1-4,9,13-14,18H,5-8,22H2,(H,25,32)(H,26,33)(H,35,36)(H3,23,24,37)/t13?,14?,18-/m1/s1. The molecule has 2 aliphatic rings. The van der Waals surface area contributed by atoms with Crippen molar-refractivity contribution in [2.75, 3.05) is 23.4 Å². The summed E-state index contributed by atoms with van der Waals surface area (Å²) in [6.45, 7) is 0.462. The summed E-state index contributed by atoms with van der Waals surface area (Å²) < 4.78 is 1.44. The number of carboxylic acid groups (broad SMARTS) is 1. The number of tetrazole rings is 1. The van der Waals surface area contributed by atoms with Gasteiger partial charge in [0.1, 0.15) is 23.2 Å². The molecule has 0 radical (unpaired) electrons. The summed E-state index contributed by atoms with van der Waals surface area (Å²) in [6, 6.07) is 3.66. The number of hydrogen-bond acceptors (Lipinski definition) is 11. The smallest absolute Gasteiger partial charge is 0.352 e. The number of nitrogens with one attached hydrogen (secondary N) is 3. The molecule has 2 aromatic rings. The van der Waals surface area contributed by atoms with E-state index in [-0.39, 0.29) is 24.5 Å². The number of carbonyl (C=O) groups is 5. The van der Waals surface area contributed by atoms with Gasteiger partial charge < -0.3 is 32.5 Å². The van der Waals surface area contributed by atoms with E-state index in [0.717, 1.165) is 0 Å². The number of rotatable bonds is 12. The van der Waals surface area contributed by atoms with Crippen LogP contribution in [0.3, 0.4) is 0 Å². The monoisotopic (exact) mass is 576 g/mol. The Labute approximate surface area is 229 Å². The van der Waals surface area contributed by atoms with Gasteiger partial charge in [0.05, 0.1) is 6.54 Å². The first kappa shape index (κ1) is 27.9. The van der Waals surface area contributed by atoms with E-state index in [4.69, 9.17) is 11.5 Å². The minimum absolute atomic E-state index is 0.140. The van der Waals surface area contributed by atoms with Crippen molar-refractivity contribution in [3.8, 4) is 0 Å². The maximum Gasteiger partial charge on any atom is 0.352 e. The quantitative estimate of drug-likeness (QED) is 0.0955. The van der Waals surface area contributed by atoms with Gasteiger partial charge in [0.15, 0.2) is 0 Å². The minimum atomic E-state index is -1.26. The predicted octanol–water partition coefficient (Wildman–Crippen LogP) is -1.56. The molecule has 2 aliphatic heterocycles. The Morgan fingerprint density at radius 1 is 1.28 bits per heavy atom. The van der Waals surface area contributed by atoms with Crippen molar-refractivity contribution in [1.82, 2.24) is 35.7 Å². The average molecular weight is 577 g/mol. The number of benzene rings is 1. The first-order chi connectivity index (χ1) is 18.7. The lowest BCUT2D eigenvalue weighted by Crippen LogP contribution is -2.71. The van der Waals surface area contributed by atoms with Crippen LogP contribution < -0.4 is 27.4 Å². The van der Waals surface area contributed by atoms with Crippen molar-refractivity contribution in [3.05, 3.63) is 41.1 Å². The first-order valence-electron chi connectivity index (χ1n) is 11.4. The molecule has 0 spiro atoms. The lowest BCUT2D eigenvalue weighted by molar-refractivity contribution is -0.150. The Kier molecular flexibility index (Phi) is 8.67. The van der Waals surface area contributed by atoms with Gasteiger partial charge in [-0.15, -0.1) is 16.9 Å². The fourth-order valence-corrected chi connectivity index (χ4v) is 6.31. The van der Waals surface area contributed by atoms with Crippen molar-refractivity contribution in [3.63, 3.8) is 0 Å². The van der Waals surface area contributed by atoms with Gasteiger partial charge in [-0.25, -0.2) is 14.3 Å². The number of β-lactam (4-membered cyclic amide) rings is 1. The number of amides is 5. The van der Waals surface area contributed by atoms with Crippen LogP contribution in [-0.4, -0.2) is 89.9 Å². The molecule has 1 aromatic heterocycles. The van der Waals surface area contributed by atoms with Gasteiger partial charge in [0.2, 0.25) is 17.5 Å². The van der Waals surface area contributed by atoms with Gasteiger partial charge in [-0.2, -0.15) is 0 Å². The number of fused-ring (bicyclic) bond motifs is 1. The maximum atomic E-state index is 13.0. The maximum absolute atomic E-state index is 13.0. The van der Waals surface area contributed by atoms with Crippen LogP contribution in [0.4, 0.5) is 10.5 Å². The van der Waals surface area contributed by atoms with Gasteiger partial charge in [-0.05, 0) is 33.7 Å². The Bertz CT molecular complexity index is 1320. The van der Waals surface area contributed by atoms with Crippen LogP contribution >= 0.6 is 23.5 Å². The summed E-state index contributed by atoms with van der Waals surface area (Å²) in [5, 5.41) is 28.6. The van der Waals surface area contributed by atoms with E-state index in [1.54, 1.807) is 24.3 Å². The number of thioether (sulfide) groups is 2. The van der Waals surface area contributed by atoms with Crippen LogP contribution in [0, 0.1) is 0 Å². The minimum Gasteiger partial charge on any atom is -0.477 e. The molecule has 1 fully saturated rings. The molecule has 8 N–H and O–H groups in total. The third-order valence-electron chi connectivity index (χ3n) is 5.82. The number of carbonyl (C=O) groups excluding carboxylic acids is 4. The second kappa shape index (κ2) is 12.1. The molecule has 206 valence electrons. The highest BCUT2D eigenvalue weighted by Gasteiger charge is 2.54. The zero-order chi connectivity index (χ0) is 28.1. The summed E-state index contributed by atoms with van der Waals surface area (Å²) >= 11 is 2.51. The van der Waals surface area contributed by atoms with E-state index in [1.807, 2.05) is 0 Å². The Morgan fingerprint density at radius 2 is 2.03 bits per heavy atom. The Balaban J connectivity index is 1.39. The number of hydrogen-bond donors (Lipinski definition) is 6. The third-order valence-corrected chi connectivity index (χ3v) is 8.21. The summed E-state index contributed by atoms with van der Waals surface area (Å²) in [4.78, 5) is 60.4. The van der Waals surface area contributed by atoms with Crippen molar-refractivity contribution >= 4 is 59.4 Å². The fourth-order valence-electron chi connectivity index (χ4n) is 3.92. The number of urea groups is 1. The summed E-state index contributed by atoms with van der Waals surface area (Å²) in [7, 11) is 0. The molecule has 0 saturated carbocycles. The van der Waals surface area contributed by atoms with Gasteiger partial charge in [-0.1, -0.05) is 23.9 Å². The van der Waals surface area contributed by atoms with Crippen LogP contribution in [0.5, 0.6) is 0 Å². The van der Waals surface area contributed by atoms with Gasteiger partial charge in [-0.3, -0.25) is 19.3 Å². The highest BCUT2D eigenvalue weighted by molar-refractivity contribution is 8.01. The van der Waals surface area contributed by atoms with Crippen molar-refractivity contribution in [1.29, 1.82) is 0 Å². The van der Waals surface area contributed by atoms with Crippen molar-refractivity contribution < 1.29 is 29.1 Å². The molecule has 0 bridgehead atoms. The summed E-state index contributed by atoms with van der Waals surface area (Å²) in [6.07, 6.45) is 0.525. The summed E-state index contributed by atoms with van der Waals surface area (Å²) in [5.41, 5.74) is 12.5. The van der Waals surface area contributed by atoms with E-state index >= 15 is 0 Å². The number of primary amides is 1. The van der Waals surface area contributed by atoms with Gasteiger partial charge in [0.25, 0.3) is 5.91 Å². The second-order valence-electron chi connectivity index (χ2n) is 8.28. The zero-order valence-corrected chi connectivity index (χ0v) is 21.8. The molecular weight excluding hydrogens is 552 g/mol. The topological polar surface area (TPSA) is 241 Å². The lowest BCUT2D eigenvalue weighted by atomic mass is 10.0. The Morgan fingerprint density at radius 3 is 2.69 bits per heavy atom. The van der Waals surface area contributed by atoms with E-state index in [1.165, 1.54) is 33.1 Å². The number of aliphatic carboxylic acids is 1. The fraction of sp³-hybridized carbons (Fsp3) is 0.333. The van der Waals surface area contributed by atoms with Gasteiger partial charge >= 0.3 is 12.0 Å². The molecule has 4 rings (SSSR count). The molecule has 2 unspecified atom stereocenters. The van der Waals surface area contributed by atoms with E-state index in [0.29, 0.717) is 34.1 Å². The molecule has 0 aliphatic carbocycles. The van der Waals surface area contributed by atoms with Crippen LogP contribution in [-0.2, 0) is 25.7 Å². The average Bonchev–Trinajstić information content (AvgIpc) is 3.36. The summed E-state index contributed by atoms with van der Waals surface area (Å²) in [5.74, 6) is -1.91. The molecule has 1 aromatic carbocycles. The van der Waals surface area contributed by atoms with Crippen molar-refractivity contribution in [2.24, 2.45) is 11.5 Å². The molecule has 3 heterocycles. The number of aromatic nitrogens is 4. The van der Waals surface area contributed by atoms with E-state index in [9.17, 15) is 29.1 Å². The SMILES string of the molecule is NC(=O)NCCn1nnnc1SCC1=C(C(=O)O)N2C(=O)C(NC(=O)C(N)c3ccc(NC=O)cc3)[C@H]2SC1. The molecule has 39 heavy (non-hydrogen) atoms. The Hall–Kier alpha value is -4.16. The highest BCUT2D eigenvalue weighted by atomic mass is 32.2. The van der Waals surface area contributed by atoms with Gasteiger partial charge in [0, 0.05) is 23.7 Å². The molecule has 18 heteroatoms. The predicted molar refractivity (Wildman–Crippen MR) is 139 cm³/mol. The van der Waals surface area contributed by atoms with Crippen LogP contribution in [0.1, 0.15) is 11.6 Å². The van der Waals surface area contributed by atoms with Crippen LogP contribution in [0.25, 0.3) is 0 Å². The number of anilines is 1. The highest BCUT2D eigenvalue weighted by Crippen LogP contribution is 2.41. The number of nitrogens with two attached hydrogens (primary N) is 2. The normalized spacial score (nSPS) is 19.0. The number of nitrogens with zero attached hydrogens (tertiary/aromatic N) is 5. The van der Waals surface area contributed by atoms with E-state index in [2.05, 4.69) is 31.5 Å². The molecule has 5 amide bonds. The van der Waals surface area contributed by atoms with Crippen molar-refractivity contribution in [2.45, 2.75) is 29.2 Å². The molecular formula is C21H24N10O6S2. The molecule has 3 atom stereocenters. The largest absolute Gasteiger partial charge is 0.477 e. The first-order valence-corrected chi connectivity index (χ1v) is 13.4. The van der Waals surface area contributed by atoms with E-state index < -0.39 is 41.3 Å². The zero-order valence-electron chi connectivity index (χ0n) is 20.1. The van der Waals surface area contributed by atoms with Crippen LogP contribution in [0.15, 0.2) is 40.7 Å². The van der Waals surface area contributed by atoms with Crippen LogP contribution in [0.2, 0.25) is 0 Å². The number of carboxylic acids is 1. The second-order valence-corrected chi connectivity index (χ2v) is 10.3. The molecule has 1 saturated heterocycles.